The highest BCUT2D eigenvalue weighted by molar-refractivity contribution is 7.89. The molecule has 144 valence electrons. The lowest BCUT2D eigenvalue weighted by atomic mass is 10.0. The number of sulfonamides is 1. The number of anilines is 1. The standard InChI is InChI=1S/C19H21ClN2O4S/c1-2-27(24,25)22-10-9-14-3-6-17(11-15(14)12-22)21-19(23)13-26-18-7-4-16(20)5-8-18/h3-8,11H,2,9-10,12-13H2,1H3,(H,21,23). The first-order chi connectivity index (χ1) is 12.9. The summed E-state index contributed by atoms with van der Waals surface area (Å²) in [7, 11) is -3.23. The van der Waals surface area contributed by atoms with Gasteiger partial charge >= 0.3 is 0 Å². The smallest absolute Gasteiger partial charge is 0.262 e. The first kappa shape index (κ1) is 19.7. The zero-order valence-corrected chi connectivity index (χ0v) is 16.5. The van der Waals surface area contributed by atoms with Crippen LogP contribution in [0.1, 0.15) is 18.1 Å². The molecule has 0 atom stereocenters. The van der Waals surface area contributed by atoms with Crippen molar-refractivity contribution in [2.45, 2.75) is 19.9 Å². The van der Waals surface area contributed by atoms with Gasteiger partial charge in [-0.15, -0.1) is 0 Å². The zero-order chi connectivity index (χ0) is 19.4. The number of amides is 1. The summed E-state index contributed by atoms with van der Waals surface area (Å²) in [6, 6.07) is 12.3. The maximum Gasteiger partial charge on any atom is 0.262 e. The van der Waals surface area contributed by atoms with Crippen LogP contribution in [0.5, 0.6) is 5.75 Å². The van der Waals surface area contributed by atoms with E-state index in [1.165, 1.54) is 4.31 Å². The molecule has 0 aliphatic carbocycles. The van der Waals surface area contributed by atoms with Crippen LogP contribution in [0.3, 0.4) is 0 Å². The highest BCUT2D eigenvalue weighted by Crippen LogP contribution is 2.24. The van der Waals surface area contributed by atoms with Crippen LogP contribution in [-0.4, -0.2) is 37.5 Å². The van der Waals surface area contributed by atoms with Crippen molar-refractivity contribution in [2.75, 3.05) is 24.2 Å². The van der Waals surface area contributed by atoms with Crippen LogP contribution in [0.25, 0.3) is 0 Å². The van der Waals surface area contributed by atoms with Gasteiger partial charge in [0.1, 0.15) is 5.75 Å². The van der Waals surface area contributed by atoms with Crippen molar-refractivity contribution in [3.8, 4) is 5.75 Å². The second-order valence-electron chi connectivity index (χ2n) is 6.26. The van der Waals surface area contributed by atoms with E-state index in [0.29, 0.717) is 36.0 Å². The average Bonchev–Trinajstić information content (AvgIpc) is 2.67. The highest BCUT2D eigenvalue weighted by Gasteiger charge is 2.25. The Morgan fingerprint density at radius 2 is 1.93 bits per heavy atom. The minimum Gasteiger partial charge on any atom is -0.484 e. The van der Waals surface area contributed by atoms with Crippen LogP contribution in [-0.2, 0) is 27.8 Å². The summed E-state index contributed by atoms with van der Waals surface area (Å²) in [5, 5.41) is 3.38. The number of rotatable bonds is 6. The second-order valence-corrected chi connectivity index (χ2v) is 8.95. The molecule has 0 radical (unpaired) electrons. The van der Waals surface area contributed by atoms with Crippen LogP contribution in [0, 0.1) is 0 Å². The van der Waals surface area contributed by atoms with Crippen LogP contribution in [0.15, 0.2) is 42.5 Å². The molecule has 27 heavy (non-hydrogen) atoms. The van der Waals surface area contributed by atoms with Crippen LogP contribution in [0.4, 0.5) is 5.69 Å². The van der Waals surface area contributed by atoms with Crippen LogP contribution in [0.2, 0.25) is 5.02 Å². The maximum absolute atomic E-state index is 12.1. The number of fused-ring (bicyclic) bond motifs is 1. The lowest BCUT2D eigenvalue weighted by Gasteiger charge is -2.28. The quantitative estimate of drug-likeness (QED) is 0.797. The van der Waals surface area contributed by atoms with E-state index >= 15 is 0 Å². The molecule has 1 amide bonds. The number of carbonyl (C=O) groups excluding carboxylic acids is 1. The second kappa shape index (κ2) is 8.29. The molecular weight excluding hydrogens is 388 g/mol. The molecule has 0 saturated heterocycles. The lowest BCUT2D eigenvalue weighted by molar-refractivity contribution is -0.118. The van der Waals surface area contributed by atoms with Crippen molar-refractivity contribution in [1.82, 2.24) is 4.31 Å². The van der Waals surface area contributed by atoms with Crippen molar-refractivity contribution >= 4 is 33.2 Å². The molecule has 8 heteroatoms. The third-order valence-corrected chi connectivity index (χ3v) is 6.49. The summed E-state index contributed by atoms with van der Waals surface area (Å²) >= 11 is 5.81. The Morgan fingerprint density at radius 3 is 2.63 bits per heavy atom. The number of nitrogens with one attached hydrogen (secondary N) is 1. The number of halogens is 1. The summed E-state index contributed by atoms with van der Waals surface area (Å²) < 4.78 is 31.1. The summed E-state index contributed by atoms with van der Waals surface area (Å²) in [6.45, 7) is 2.33. The van der Waals surface area contributed by atoms with E-state index in [1.54, 1.807) is 31.2 Å². The van der Waals surface area contributed by atoms with Gasteiger partial charge in [-0.1, -0.05) is 17.7 Å². The van der Waals surface area contributed by atoms with Gasteiger partial charge in [-0.2, -0.15) is 4.31 Å². The van der Waals surface area contributed by atoms with Crippen molar-refractivity contribution in [3.05, 3.63) is 58.6 Å². The Hall–Kier alpha value is -2.09. The van der Waals surface area contributed by atoms with Crippen molar-refractivity contribution < 1.29 is 17.9 Å². The van der Waals surface area contributed by atoms with Gasteiger partial charge in [0.15, 0.2) is 6.61 Å². The number of benzene rings is 2. The number of nitrogens with zero attached hydrogens (tertiary/aromatic N) is 1. The largest absolute Gasteiger partial charge is 0.484 e. The van der Waals surface area contributed by atoms with Gasteiger partial charge in [0, 0.05) is 23.8 Å². The molecule has 0 bridgehead atoms. The molecule has 0 fully saturated rings. The number of ether oxygens (including phenoxy) is 1. The van der Waals surface area contributed by atoms with Crippen LogP contribution >= 0.6 is 11.6 Å². The Labute approximate surface area is 164 Å². The predicted octanol–water partition coefficient (Wildman–Crippen LogP) is 3.07. The molecule has 2 aromatic carbocycles. The van der Waals surface area contributed by atoms with Crippen molar-refractivity contribution in [3.63, 3.8) is 0 Å². The van der Waals surface area contributed by atoms with E-state index in [4.69, 9.17) is 16.3 Å². The number of hydrogen-bond acceptors (Lipinski definition) is 4. The molecular formula is C19H21ClN2O4S. The summed E-state index contributed by atoms with van der Waals surface area (Å²) in [4.78, 5) is 12.1. The van der Waals surface area contributed by atoms with Gasteiger partial charge < -0.3 is 10.1 Å². The summed E-state index contributed by atoms with van der Waals surface area (Å²) in [6.07, 6.45) is 0.669. The lowest BCUT2D eigenvalue weighted by Crippen LogP contribution is -2.36. The van der Waals surface area contributed by atoms with Gasteiger partial charge in [-0.05, 0) is 60.9 Å². The first-order valence-electron chi connectivity index (χ1n) is 8.65. The summed E-state index contributed by atoms with van der Waals surface area (Å²) in [5.74, 6) is 0.347. The molecule has 0 spiro atoms. The molecule has 1 aliphatic rings. The predicted molar refractivity (Wildman–Crippen MR) is 106 cm³/mol. The van der Waals surface area contributed by atoms with E-state index in [0.717, 1.165) is 11.1 Å². The molecule has 1 heterocycles. The monoisotopic (exact) mass is 408 g/mol. The van der Waals surface area contributed by atoms with E-state index in [-0.39, 0.29) is 18.3 Å². The van der Waals surface area contributed by atoms with Crippen LogP contribution < -0.4 is 10.1 Å². The third kappa shape index (κ3) is 5.00. The minimum absolute atomic E-state index is 0.0841. The maximum atomic E-state index is 12.1. The Kier molecular flexibility index (Phi) is 6.04. The van der Waals surface area contributed by atoms with Gasteiger partial charge in [-0.3, -0.25) is 4.79 Å². The Balaban J connectivity index is 1.62. The fourth-order valence-corrected chi connectivity index (χ4v) is 4.10. The number of carbonyl (C=O) groups is 1. The van der Waals surface area contributed by atoms with E-state index in [1.807, 2.05) is 18.2 Å². The average molecular weight is 409 g/mol. The van der Waals surface area contributed by atoms with E-state index in [2.05, 4.69) is 5.32 Å². The Bertz CT molecular complexity index is 929. The normalized spacial score (nSPS) is 14.4. The SMILES string of the molecule is CCS(=O)(=O)N1CCc2ccc(NC(=O)COc3ccc(Cl)cc3)cc2C1. The van der Waals surface area contributed by atoms with Gasteiger partial charge in [0.2, 0.25) is 10.0 Å². The van der Waals surface area contributed by atoms with E-state index < -0.39 is 10.0 Å². The summed E-state index contributed by atoms with van der Waals surface area (Å²) in [5.41, 5.74) is 2.64. The van der Waals surface area contributed by atoms with Crippen molar-refractivity contribution in [1.29, 1.82) is 0 Å². The van der Waals surface area contributed by atoms with Gasteiger partial charge in [0.25, 0.3) is 5.91 Å². The molecule has 1 N–H and O–H groups in total. The van der Waals surface area contributed by atoms with Gasteiger partial charge in [-0.25, -0.2) is 8.42 Å². The minimum atomic E-state index is -3.23. The fourth-order valence-electron chi connectivity index (χ4n) is 2.91. The topological polar surface area (TPSA) is 75.7 Å². The molecule has 2 aromatic rings. The fraction of sp³-hybridized carbons (Fsp3) is 0.316. The Morgan fingerprint density at radius 1 is 1.19 bits per heavy atom. The van der Waals surface area contributed by atoms with E-state index in [9.17, 15) is 13.2 Å². The molecule has 3 rings (SSSR count). The molecule has 1 aliphatic heterocycles. The molecule has 0 unspecified atom stereocenters. The number of hydrogen-bond donors (Lipinski definition) is 1. The third-order valence-electron chi connectivity index (χ3n) is 4.41. The highest BCUT2D eigenvalue weighted by atomic mass is 35.5. The molecule has 0 saturated carbocycles. The van der Waals surface area contributed by atoms with Gasteiger partial charge in [0.05, 0.1) is 5.75 Å². The first-order valence-corrected chi connectivity index (χ1v) is 10.6. The molecule has 6 nitrogen and oxygen atoms in total. The zero-order valence-electron chi connectivity index (χ0n) is 14.9. The molecule has 0 aromatic heterocycles. The van der Waals surface area contributed by atoms with Crippen molar-refractivity contribution in [2.24, 2.45) is 0 Å².